The van der Waals surface area contributed by atoms with Crippen LogP contribution in [0.2, 0.25) is 0 Å². The van der Waals surface area contributed by atoms with Gasteiger partial charge in [-0.1, -0.05) is 30.7 Å². The Morgan fingerprint density at radius 3 is 2.23 bits per heavy atom. The van der Waals surface area contributed by atoms with E-state index >= 15 is 0 Å². The van der Waals surface area contributed by atoms with Crippen molar-refractivity contribution in [3.63, 3.8) is 0 Å². The lowest BCUT2D eigenvalue weighted by molar-refractivity contribution is -0.122. The fraction of sp³-hybridized carbons (Fsp3) is 0.435. The first-order chi connectivity index (χ1) is 14.5. The van der Waals surface area contributed by atoms with Gasteiger partial charge in [0.05, 0.1) is 32.2 Å². The number of hydrogen-bond donors (Lipinski definition) is 1. The Morgan fingerprint density at radius 1 is 1.06 bits per heavy atom. The SMILES string of the molecule is CC[C@@H](NC(=O)[C@H](C)N(c1ccc(OC)c(OC)c1)S(C)(=O)=O)c1ccc(C)cc1C. The Kier molecular flexibility index (Phi) is 7.95. The minimum atomic E-state index is -3.75. The molecule has 0 fully saturated rings. The number of benzene rings is 2. The monoisotopic (exact) mass is 448 g/mol. The number of anilines is 1. The van der Waals surface area contributed by atoms with Crippen molar-refractivity contribution >= 4 is 21.6 Å². The maximum Gasteiger partial charge on any atom is 0.244 e. The van der Waals surface area contributed by atoms with E-state index in [9.17, 15) is 13.2 Å². The molecule has 0 aromatic heterocycles. The van der Waals surface area contributed by atoms with Crippen molar-refractivity contribution in [2.24, 2.45) is 0 Å². The summed E-state index contributed by atoms with van der Waals surface area (Å²) in [5.74, 6) is 0.465. The molecule has 8 heteroatoms. The third-order valence-electron chi connectivity index (χ3n) is 5.24. The summed E-state index contributed by atoms with van der Waals surface area (Å²) in [5, 5.41) is 3.02. The molecule has 0 aliphatic rings. The molecular formula is C23H32N2O5S. The van der Waals surface area contributed by atoms with Crippen LogP contribution in [0.15, 0.2) is 36.4 Å². The van der Waals surface area contributed by atoms with Gasteiger partial charge < -0.3 is 14.8 Å². The van der Waals surface area contributed by atoms with Gasteiger partial charge in [-0.05, 0) is 50.5 Å². The number of sulfonamides is 1. The molecule has 2 aromatic rings. The Morgan fingerprint density at radius 2 is 1.71 bits per heavy atom. The number of carbonyl (C=O) groups excluding carboxylic acids is 1. The van der Waals surface area contributed by atoms with E-state index in [0.29, 0.717) is 23.6 Å². The van der Waals surface area contributed by atoms with Crippen LogP contribution in [0.1, 0.15) is 43.0 Å². The summed E-state index contributed by atoms with van der Waals surface area (Å²) in [7, 11) is -0.781. The molecule has 2 atom stereocenters. The second-order valence-electron chi connectivity index (χ2n) is 7.60. The summed E-state index contributed by atoms with van der Waals surface area (Å²) in [6.07, 6.45) is 1.76. The molecule has 0 spiro atoms. The standard InChI is InChI=1S/C23H32N2O5S/c1-8-20(19-11-9-15(2)13-16(19)3)24-23(26)17(4)25(31(7,27)28)18-10-12-21(29-5)22(14-18)30-6/h9-14,17,20H,8H2,1-7H3,(H,24,26)/t17-,20+/m0/s1. The lowest BCUT2D eigenvalue weighted by atomic mass is 9.97. The van der Waals surface area contributed by atoms with Crippen molar-refractivity contribution in [2.75, 3.05) is 24.8 Å². The van der Waals surface area contributed by atoms with Crippen molar-refractivity contribution in [1.82, 2.24) is 5.32 Å². The maximum atomic E-state index is 13.1. The van der Waals surface area contributed by atoms with Gasteiger partial charge in [-0.3, -0.25) is 9.10 Å². The van der Waals surface area contributed by atoms with E-state index in [1.54, 1.807) is 25.1 Å². The van der Waals surface area contributed by atoms with Crippen molar-refractivity contribution in [1.29, 1.82) is 0 Å². The van der Waals surface area contributed by atoms with Crippen LogP contribution in [0.25, 0.3) is 0 Å². The first kappa shape index (κ1) is 24.5. The van der Waals surface area contributed by atoms with Crippen molar-refractivity contribution in [3.05, 3.63) is 53.1 Å². The molecule has 0 aliphatic carbocycles. The number of hydrogen-bond acceptors (Lipinski definition) is 5. The summed E-state index contributed by atoms with van der Waals surface area (Å²) in [5.41, 5.74) is 3.57. The van der Waals surface area contributed by atoms with Crippen LogP contribution in [-0.4, -0.2) is 40.8 Å². The average molecular weight is 449 g/mol. The van der Waals surface area contributed by atoms with Crippen LogP contribution in [-0.2, 0) is 14.8 Å². The molecular weight excluding hydrogens is 416 g/mol. The van der Waals surface area contributed by atoms with Crippen LogP contribution in [0.4, 0.5) is 5.69 Å². The quantitative estimate of drug-likeness (QED) is 0.632. The summed E-state index contributed by atoms with van der Waals surface area (Å²) in [6.45, 7) is 7.58. The minimum absolute atomic E-state index is 0.220. The molecule has 2 aromatic carbocycles. The zero-order valence-electron chi connectivity index (χ0n) is 19.2. The van der Waals surface area contributed by atoms with Gasteiger partial charge in [0.15, 0.2) is 11.5 Å². The molecule has 0 saturated heterocycles. The Balaban J connectivity index is 2.37. The van der Waals surface area contributed by atoms with Crippen LogP contribution >= 0.6 is 0 Å². The van der Waals surface area contributed by atoms with E-state index in [2.05, 4.69) is 11.4 Å². The summed E-state index contributed by atoms with van der Waals surface area (Å²) >= 11 is 0. The number of aryl methyl sites for hydroxylation is 2. The summed E-state index contributed by atoms with van der Waals surface area (Å²) < 4.78 is 36.9. The zero-order valence-corrected chi connectivity index (χ0v) is 20.0. The molecule has 0 bridgehead atoms. The van der Waals surface area contributed by atoms with Crippen LogP contribution < -0.4 is 19.1 Å². The third kappa shape index (κ3) is 5.70. The lowest BCUT2D eigenvalue weighted by Crippen LogP contribution is -2.48. The smallest absolute Gasteiger partial charge is 0.244 e. The topological polar surface area (TPSA) is 84.9 Å². The molecule has 31 heavy (non-hydrogen) atoms. The van der Waals surface area contributed by atoms with Gasteiger partial charge in [0.25, 0.3) is 0 Å². The van der Waals surface area contributed by atoms with Crippen LogP contribution in [0.5, 0.6) is 11.5 Å². The van der Waals surface area contributed by atoms with Gasteiger partial charge in [-0.25, -0.2) is 8.42 Å². The van der Waals surface area contributed by atoms with Gasteiger partial charge >= 0.3 is 0 Å². The highest BCUT2D eigenvalue weighted by Gasteiger charge is 2.31. The van der Waals surface area contributed by atoms with E-state index in [4.69, 9.17) is 9.47 Å². The maximum absolute atomic E-state index is 13.1. The third-order valence-corrected chi connectivity index (χ3v) is 6.48. The van der Waals surface area contributed by atoms with Crippen molar-refractivity contribution < 1.29 is 22.7 Å². The predicted octanol–water partition coefficient (Wildman–Crippen LogP) is 3.74. The van der Waals surface area contributed by atoms with Gasteiger partial charge in [-0.15, -0.1) is 0 Å². The number of methoxy groups -OCH3 is 2. The largest absolute Gasteiger partial charge is 0.493 e. The number of amides is 1. The highest BCUT2D eigenvalue weighted by Crippen LogP contribution is 2.33. The second kappa shape index (κ2) is 10.0. The molecule has 170 valence electrons. The highest BCUT2D eigenvalue weighted by molar-refractivity contribution is 7.92. The fourth-order valence-electron chi connectivity index (χ4n) is 3.68. The second-order valence-corrected chi connectivity index (χ2v) is 9.46. The van der Waals surface area contributed by atoms with Gasteiger partial charge in [-0.2, -0.15) is 0 Å². The van der Waals surface area contributed by atoms with E-state index in [0.717, 1.165) is 27.3 Å². The Bertz CT molecular complexity index is 1040. The molecule has 0 radical (unpaired) electrons. The van der Waals surface area contributed by atoms with E-state index in [1.165, 1.54) is 14.2 Å². The molecule has 1 N–H and O–H groups in total. The predicted molar refractivity (Wildman–Crippen MR) is 123 cm³/mol. The molecule has 2 rings (SSSR count). The van der Waals surface area contributed by atoms with E-state index in [1.807, 2.05) is 32.9 Å². The Labute approximate surface area is 185 Å². The van der Waals surface area contributed by atoms with Gasteiger partial charge in [0.2, 0.25) is 15.9 Å². The number of nitrogens with one attached hydrogen (secondary N) is 1. The Hall–Kier alpha value is -2.74. The van der Waals surface area contributed by atoms with E-state index in [-0.39, 0.29) is 11.9 Å². The molecule has 1 amide bonds. The zero-order chi connectivity index (χ0) is 23.3. The molecule has 7 nitrogen and oxygen atoms in total. The number of nitrogens with zero attached hydrogens (tertiary/aromatic N) is 1. The number of carbonyl (C=O) groups is 1. The molecule has 0 heterocycles. The number of ether oxygens (including phenoxy) is 2. The minimum Gasteiger partial charge on any atom is -0.493 e. The summed E-state index contributed by atoms with van der Waals surface area (Å²) in [6, 6.07) is 9.65. The fourth-order valence-corrected chi connectivity index (χ4v) is 4.85. The average Bonchev–Trinajstić information content (AvgIpc) is 2.71. The van der Waals surface area contributed by atoms with Gasteiger partial charge in [0, 0.05) is 6.07 Å². The lowest BCUT2D eigenvalue weighted by Gasteiger charge is -2.30. The van der Waals surface area contributed by atoms with Crippen LogP contribution in [0, 0.1) is 13.8 Å². The normalized spacial score (nSPS) is 13.3. The van der Waals surface area contributed by atoms with Crippen LogP contribution in [0.3, 0.4) is 0 Å². The van der Waals surface area contributed by atoms with Gasteiger partial charge in [0.1, 0.15) is 6.04 Å². The van der Waals surface area contributed by atoms with Crippen molar-refractivity contribution in [2.45, 2.75) is 46.2 Å². The molecule has 0 unspecified atom stereocenters. The van der Waals surface area contributed by atoms with E-state index < -0.39 is 16.1 Å². The number of rotatable bonds is 9. The molecule has 0 saturated carbocycles. The summed E-state index contributed by atoms with van der Waals surface area (Å²) in [4.78, 5) is 13.1. The first-order valence-corrected chi connectivity index (χ1v) is 12.0. The molecule has 0 aliphatic heterocycles. The van der Waals surface area contributed by atoms with Crippen molar-refractivity contribution in [3.8, 4) is 11.5 Å². The first-order valence-electron chi connectivity index (χ1n) is 10.1. The highest BCUT2D eigenvalue weighted by atomic mass is 32.2.